The van der Waals surface area contributed by atoms with Gasteiger partial charge in [-0.2, -0.15) is 0 Å². The molecule has 0 bridgehead atoms. The van der Waals surface area contributed by atoms with Crippen molar-refractivity contribution in [1.29, 1.82) is 0 Å². The number of furan rings is 1. The molecule has 1 saturated heterocycles. The van der Waals surface area contributed by atoms with Crippen LogP contribution < -0.4 is 5.32 Å². The Hall–Kier alpha value is -2.57. The van der Waals surface area contributed by atoms with E-state index in [0.717, 1.165) is 5.76 Å². The van der Waals surface area contributed by atoms with Gasteiger partial charge in [0.1, 0.15) is 36.5 Å². The van der Waals surface area contributed by atoms with Crippen LogP contribution in [-0.4, -0.2) is 71.0 Å². The molecular formula is C16H19N5O6. The normalized spacial score (nSPS) is 28.5. The molecule has 3 aromatic rings. The number of aromatic nitrogens is 4. The number of nitrogens with zero attached hydrogens (tertiary/aromatic N) is 4. The molecular weight excluding hydrogens is 358 g/mol. The maximum absolute atomic E-state index is 10.3. The maximum atomic E-state index is 10.3. The van der Waals surface area contributed by atoms with Gasteiger partial charge < -0.3 is 34.9 Å². The minimum atomic E-state index is -1.49. The lowest BCUT2D eigenvalue weighted by atomic mass is 9.98. The van der Waals surface area contributed by atoms with E-state index in [1.807, 2.05) is 6.07 Å². The van der Waals surface area contributed by atoms with Gasteiger partial charge in [0, 0.05) is 0 Å². The molecule has 4 rings (SSSR count). The lowest BCUT2D eigenvalue weighted by Gasteiger charge is -2.40. The van der Waals surface area contributed by atoms with Crippen LogP contribution in [0.3, 0.4) is 0 Å². The third-order valence-corrected chi connectivity index (χ3v) is 4.51. The number of aliphatic hydroxyl groups excluding tert-OH is 4. The van der Waals surface area contributed by atoms with Crippen molar-refractivity contribution in [2.75, 3.05) is 11.9 Å². The second kappa shape index (κ2) is 7.21. The van der Waals surface area contributed by atoms with E-state index in [4.69, 9.17) is 9.15 Å². The van der Waals surface area contributed by atoms with Crippen LogP contribution >= 0.6 is 0 Å². The third kappa shape index (κ3) is 3.15. The first kappa shape index (κ1) is 17.8. The molecule has 0 saturated carbocycles. The largest absolute Gasteiger partial charge is 0.467 e. The molecule has 0 aliphatic carbocycles. The highest BCUT2D eigenvalue weighted by Crippen LogP contribution is 2.31. The Kier molecular flexibility index (Phi) is 4.76. The molecule has 4 heterocycles. The molecule has 3 aromatic heterocycles. The second-order valence-corrected chi connectivity index (χ2v) is 6.20. The first-order valence-corrected chi connectivity index (χ1v) is 8.34. The number of hydrogen-bond donors (Lipinski definition) is 5. The van der Waals surface area contributed by atoms with E-state index in [9.17, 15) is 20.4 Å². The van der Waals surface area contributed by atoms with Gasteiger partial charge in [0.15, 0.2) is 23.2 Å². The number of anilines is 1. The third-order valence-electron chi connectivity index (χ3n) is 4.51. The Morgan fingerprint density at radius 1 is 1.11 bits per heavy atom. The molecule has 1 fully saturated rings. The summed E-state index contributed by atoms with van der Waals surface area (Å²) < 4.78 is 12.3. The number of hydrogen-bond acceptors (Lipinski definition) is 10. The Labute approximate surface area is 152 Å². The monoisotopic (exact) mass is 377 g/mol. The Morgan fingerprint density at radius 2 is 1.96 bits per heavy atom. The number of ether oxygens (including phenoxy) is 1. The first-order chi connectivity index (χ1) is 13.1. The van der Waals surface area contributed by atoms with Gasteiger partial charge in [0.2, 0.25) is 0 Å². The minimum Gasteiger partial charge on any atom is -0.467 e. The summed E-state index contributed by atoms with van der Waals surface area (Å²) in [5.41, 5.74) is 0.789. The highest BCUT2D eigenvalue weighted by Gasteiger charge is 2.44. The predicted octanol–water partition coefficient (Wildman–Crippen LogP) is -0.996. The molecule has 0 radical (unpaired) electrons. The van der Waals surface area contributed by atoms with E-state index in [-0.39, 0.29) is 0 Å². The highest BCUT2D eigenvalue weighted by molar-refractivity contribution is 5.82. The molecule has 1 aliphatic heterocycles. The molecule has 5 unspecified atom stereocenters. The summed E-state index contributed by atoms with van der Waals surface area (Å²) in [6.45, 7) is -0.120. The maximum Gasteiger partial charge on any atom is 0.167 e. The quantitative estimate of drug-likeness (QED) is 0.373. The summed E-state index contributed by atoms with van der Waals surface area (Å²) in [5.74, 6) is 1.18. The van der Waals surface area contributed by atoms with Crippen LogP contribution in [0.5, 0.6) is 0 Å². The molecule has 0 aromatic carbocycles. The van der Waals surface area contributed by atoms with Crippen LogP contribution in [0.25, 0.3) is 11.2 Å². The molecule has 11 heteroatoms. The van der Waals surface area contributed by atoms with Crippen molar-refractivity contribution < 1.29 is 29.6 Å². The van der Waals surface area contributed by atoms with E-state index in [1.165, 1.54) is 17.2 Å². The van der Waals surface area contributed by atoms with Gasteiger partial charge in [-0.1, -0.05) is 0 Å². The second-order valence-electron chi connectivity index (χ2n) is 6.20. The van der Waals surface area contributed by atoms with Crippen LogP contribution in [0.4, 0.5) is 5.82 Å². The van der Waals surface area contributed by atoms with E-state index in [0.29, 0.717) is 23.5 Å². The van der Waals surface area contributed by atoms with Gasteiger partial charge in [-0.3, -0.25) is 4.57 Å². The van der Waals surface area contributed by atoms with Crippen molar-refractivity contribution in [3.63, 3.8) is 0 Å². The van der Waals surface area contributed by atoms with Crippen molar-refractivity contribution in [2.24, 2.45) is 0 Å². The van der Waals surface area contributed by atoms with E-state index < -0.39 is 37.3 Å². The van der Waals surface area contributed by atoms with Crippen molar-refractivity contribution in [3.8, 4) is 0 Å². The average molecular weight is 377 g/mol. The molecule has 11 nitrogen and oxygen atoms in total. The van der Waals surface area contributed by atoms with Crippen LogP contribution in [-0.2, 0) is 11.3 Å². The van der Waals surface area contributed by atoms with Crippen molar-refractivity contribution in [3.05, 3.63) is 36.8 Å². The number of aliphatic hydroxyl groups is 4. The lowest BCUT2D eigenvalue weighted by Crippen LogP contribution is -2.56. The Balaban J connectivity index is 1.64. The van der Waals surface area contributed by atoms with Crippen LogP contribution in [0.1, 0.15) is 12.0 Å². The summed E-state index contributed by atoms with van der Waals surface area (Å²) in [4.78, 5) is 12.6. The molecule has 0 amide bonds. The van der Waals surface area contributed by atoms with Crippen molar-refractivity contribution >= 4 is 17.0 Å². The average Bonchev–Trinajstić information content (AvgIpc) is 3.35. The molecule has 5 N–H and O–H groups in total. The standard InChI is InChI=1S/C16H19N5O6/c22-5-9-11(23)12(24)13(25)16(27-9)21-7-20-10-14(18-6-19-15(10)21)17-4-8-2-1-3-26-8/h1-3,6-7,9,11-13,16,22-25H,4-5H2,(H,17,18,19). The first-order valence-electron chi connectivity index (χ1n) is 8.34. The van der Waals surface area contributed by atoms with Crippen molar-refractivity contribution in [1.82, 2.24) is 19.5 Å². The molecule has 5 atom stereocenters. The van der Waals surface area contributed by atoms with Gasteiger partial charge in [0.05, 0.1) is 25.7 Å². The minimum absolute atomic E-state index is 0.358. The Morgan fingerprint density at radius 3 is 2.70 bits per heavy atom. The van der Waals surface area contributed by atoms with E-state index >= 15 is 0 Å². The fourth-order valence-electron chi connectivity index (χ4n) is 3.06. The summed E-state index contributed by atoms with van der Waals surface area (Å²) >= 11 is 0. The number of imidazole rings is 1. The topological polar surface area (TPSA) is 159 Å². The highest BCUT2D eigenvalue weighted by atomic mass is 16.6. The molecule has 27 heavy (non-hydrogen) atoms. The molecule has 144 valence electrons. The van der Waals surface area contributed by atoms with Crippen LogP contribution in [0, 0.1) is 0 Å². The number of fused-ring (bicyclic) bond motifs is 1. The van der Waals surface area contributed by atoms with Crippen molar-refractivity contribution in [2.45, 2.75) is 37.2 Å². The smallest absolute Gasteiger partial charge is 0.167 e. The predicted molar refractivity (Wildman–Crippen MR) is 90.4 cm³/mol. The molecule has 1 aliphatic rings. The van der Waals surface area contributed by atoms with Gasteiger partial charge in [-0.25, -0.2) is 15.0 Å². The Bertz CT molecular complexity index is 898. The van der Waals surface area contributed by atoms with Gasteiger partial charge in [0.25, 0.3) is 0 Å². The van der Waals surface area contributed by atoms with Crippen LogP contribution in [0.15, 0.2) is 35.5 Å². The zero-order chi connectivity index (χ0) is 19.0. The fourth-order valence-corrected chi connectivity index (χ4v) is 3.06. The summed E-state index contributed by atoms with van der Waals surface area (Å²) in [5, 5.41) is 42.7. The lowest BCUT2D eigenvalue weighted by molar-refractivity contribution is -0.250. The molecule has 0 spiro atoms. The summed E-state index contributed by atoms with van der Waals surface area (Å²) in [6, 6.07) is 3.60. The zero-order valence-electron chi connectivity index (χ0n) is 14.1. The fraction of sp³-hybridized carbons (Fsp3) is 0.438. The SMILES string of the molecule is OCC1OC(n2cnc3c(NCc4ccco4)ncnc32)C(O)C(O)C1O. The van der Waals surface area contributed by atoms with Gasteiger partial charge in [-0.15, -0.1) is 0 Å². The number of nitrogens with one attached hydrogen (secondary N) is 1. The summed E-state index contributed by atoms with van der Waals surface area (Å²) in [7, 11) is 0. The summed E-state index contributed by atoms with van der Waals surface area (Å²) in [6.07, 6.45) is -2.18. The van der Waals surface area contributed by atoms with E-state index in [1.54, 1.807) is 12.3 Å². The number of rotatable bonds is 5. The zero-order valence-corrected chi connectivity index (χ0v) is 14.1. The van der Waals surface area contributed by atoms with Crippen LogP contribution in [0.2, 0.25) is 0 Å². The van der Waals surface area contributed by atoms with Gasteiger partial charge >= 0.3 is 0 Å². The van der Waals surface area contributed by atoms with E-state index in [2.05, 4.69) is 20.3 Å². The van der Waals surface area contributed by atoms with Gasteiger partial charge in [-0.05, 0) is 12.1 Å².